The molecule has 0 amide bonds. The van der Waals surface area contributed by atoms with Crippen molar-refractivity contribution in [2.75, 3.05) is 11.9 Å². The summed E-state index contributed by atoms with van der Waals surface area (Å²) in [5.74, 6) is 1.69. The van der Waals surface area contributed by atoms with Crippen LogP contribution < -0.4 is 10.1 Å². The fourth-order valence-corrected chi connectivity index (χ4v) is 3.58. The molecule has 0 aliphatic heterocycles. The number of benzene rings is 3. The maximum atomic E-state index is 5.56. The van der Waals surface area contributed by atoms with E-state index >= 15 is 0 Å². The predicted octanol–water partition coefficient (Wildman–Crippen LogP) is 6.21. The van der Waals surface area contributed by atoms with Crippen LogP contribution in [-0.2, 0) is 0 Å². The minimum atomic E-state index is 0.647. The minimum absolute atomic E-state index is 0.647. The maximum Gasteiger partial charge on any atom is 0.165 e. The Morgan fingerprint density at radius 2 is 1.52 bits per heavy atom. The van der Waals surface area contributed by atoms with Gasteiger partial charge < -0.3 is 10.1 Å². The van der Waals surface area contributed by atoms with E-state index in [0.717, 1.165) is 45.3 Å². The van der Waals surface area contributed by atoms with E-state index in [1.165, 1.54) is 0 Å². The van der Waals surface area contributed by atoms with Crippen molar-refractivity contribution < 1.29 is 4.74 Å². The molecule has 0 saturated carbocycles. The van der Waals surface area contributed by atoms with Crippen LogP contribution in [0.15, 0.2) is 97.2 Å². The van der Waals surface area contributed by atoms with Crippen LogP contribution in [0.2, 0.25) is 0 Å². The number of ether oxygens (including phenoxy) is 1. The lowest BCUT2D eigenvalue weighted by molar-refractivity contribution is 0.340. The summed E-state index contributed by atoms with van der Waals surface area (Å²) in [6.45, 7) is 2.63. The van der Waals surface area contributed by atoms with Crippen molar-refractivity contribution in [3.8, 4) is 28.1 Å². The zero-order chi connectivity index (χ0) is 21.0. The summed E-state index contributed by atoms with van der Waals surface area (Å²) in [5, 5.41) is 8.14. The average Bonchev–Trinajstić information content (AvgIpc) is 3.26. The number of hydrogen-bond donors (Lipinski definition) is 1. The summed E-state index contributed by atoms with van der Waals surface area (Å²) in [6.07, 6.45) is 1.87. The van der Waals surface area contributed by atoms with Crippen molar-refractivity contribution >= 4 is 17.2 Å². The van der Waals surface area contributed by atoms with Crippen LogP contribution in [-0.4, -0.2) is 21.2 Å². The van der Waals surface area contributed by atoms with Gasteiger partial charge in [0.15, 0.2) is 5.65 Å². The molecule has 31 heavy (non-hydrogen) atoms. The molecule has 5 rings (SSSR count). The molecular formula is C26H22N4O. The van der Waals surface area contributed by atoms with Crippen molar-refractivity contribution in [1.82, 2.24) is 14.6 Å². The molecule has 1 N–H and O–H groups in total. The lowest BCUT2D eigenvalue weighted by Gasteiger charge is -2.12. The van der Waals surface area contributed by atoms with Gasteiger partial charge in [-0.1, -0.05) is 60.7 Å². The Kier molecular flexibility index (Phi) is 5.07. The van der Waals surface area contributed by atoms with Crippen molar-refractivity contribution in [2.45, 2.75) is 6.92 Å². The van der Waals surface area contributed by atoms with Crippen LogP contribution >= 0.6 is 0 Å². The second-order valence-electron chi connectivity index (χ2n) is 7.13. The van der Waals surface area contributed by atoms with E-state index < -0.39 is 0 Å². The monoisotopic (exact) mass is 406 g/mol. The summed E-state index contributed by atoms with van der Waals surface area (Å²) in [5.41, 5.74) is 5.78. The lowest BCUT2D eigenvalue weighted by Crippen LogP contribution is -2.03. The van der Waals surface area contributed by atoms with Gasteiger partial charge >= 0.3 is 0 Å². The van der Waals surface area contributed by atoms with Gasteiger partial charge in [-0.2, -0.15) is 9.61 Å². The molecule has 152 valence electrons. The first-order chi connectivity index (χ1) is 15.3. The third-order valence-electron chi connectivity index (χ3n) is 5.06. The third-order valence-corrected chi connectivity index (χ3v) is 5.06. The first-order valence-electron chi connectivity index (χ1n) is 10.3. The van der Waals surface area contributed by atoms with E-state index in [4.69, 9.17) is 9.72 Å². The minimum Gasteiger partial charge on any atom is -0.494 e. The topological polar surface area (TPSA) is 51.5 Å². The normalized spacial score (nSPS) is 10.9. The second-order valence-corrected chi connectivity index (χ2v) is 7.13. The van der Waals surface area contributed by atoms with Gasteiger partial charge in [-0.05, 0) is 36.8 Å². The number of fused-ring (bicyclic) bond motifs is 1. The van der Waals surface area contributed by atoms with Crippen molar-refractivity contribution in [2.24, 2.45) is 0 Å². The second kappa shape index (κ2) is 8.32. The fraction of sp³-hybridized carbons (Fsp3) is 0.0769. The standard InChI is InChI=1S/C26H22N4O/c1-2-31-22-15-13-21(14-16-22)28-25-17-24(20-11-7-4-8-12-20)29-26-23(18-27-30(25)26)19-9-5-3-6-10-19/h3-18,28H,2H2,1H3. The Labute approximate surface area is 181 Å². The first kappa shape index (κ1) is 18.9. The lowest BCUT2D eigenvalue weighted by atomic mass is 10.1. The molecule has 0 unspecified atom stereocenters. The first-order valence-corrected chi connectivity index (χ1v) is 10.3. The van der Waals surface area contributed by atoms with Gasteiger partial charge in [0, 0.05) is 22.9 Å². The summed E-state index contributed by atoms with van der Waals surface area (Å²) >= 11 is 0. The largest absolute Gasteiger partial charge is 0.494 e. The van der Waals surface area contributed by atoms with Crippen molar-refractivity contribution in [1.29, 1.82) is 0 Å². The van der Waals surface area contributed by atoms with Gasteiger partial charge in [-0.25, -0.2) is 4.98 Å². The Hall–Kier alpha value is -4.12. The Morgan fingerprint density at radius 1 is 0.839 bits per heavy atom. The molecule has 2 heterocycles. The summed E-state index contributed by atoms with van der Waals surface area (Å²) in [6, 6.07) is 30.4. The Morgan fingerprint density at radius 3 is 2.19 bits per heavy atom. The van der Waals surface area contributed by atoms with Crippen molar-refractivity contribution in [3.63, 3.8) is 0 Å². The molecule has 0 atom stereocenters. The van der Waals surface area contributed by atoms with Gasteiger partial charge in [-0.15, -0.1) is 0 Å². The molecule has 3 aromatic carbocycles. The molecule has 5 heteroatoms. The molecule has 5 nitrogen and oxygen atoms in total. The highest BCUT2D eigenvalue weighted by Gasteiger charge is 2.14. The van der Waals surface area contributed by atoms with Crippen molar-refractivity contribution in [3.05, 3.63) is 97.2 Å². The summed E-state index contributed by atoms with van der Waals surface area (Å²) in [7, 11) is 0. The van der Waals surface area contributed by atoms with Crippen LogP contribution in [0, 0.1) is 0 Å². The molecular weight excluding hydrogens is 384 g/mol. The van der Waals surface area contributed by atoms with E-state index in [9.17, 15) is 0 Å². The van der Waals surface area contributed by atoms with E-state index in [1.54, 1.807) is 0 Å². The SMILES string of the molecule is CCOc1ccc(Nc2cc(-c3ccccc3)nc3c(-c4ccccc4)cnn23)cc1. The summed E-state index contributed by atoms with van der Waals surface area (Å²) in [4.78, 5) is 4.96. The maximum absolute atomic E-state index is 5.56. The molecule has 2 aromatic heterocycles. The van der Waals surface area contributed by atoms with E-state index in [1.807, 2.05) is 84.4 Å². The van der Waals surface area contributed by atoms with Crippen LogP contribution in [0.25, 0.3) is 28.0 Å². The molecule has 0 radical (unpaired) electrons. The van der Waals surface area contributed by atoms with E-state index in [0.29, 0.717) is 6.61 Å². The molecule has 5 aromatic rings. The highest BCUT2D eigenvalue weighted by molar-refractivity contribution is 5.81. The van der Waals surface area contributed by atoms with Crippen LogP contribution in [0.3, 0.4) is 0 Å². The fourth-order valence-electron chi connectivity index (χ4n) is 3.58. The number of anilines is 2. The van der Waals surface area contributed by atoms with Crippen LogP contribution in [0.1, 0.15) is 6.92 Å². The van der Waals surface area contributed by atoms with Gasteiger partial charge in [0.2, 0.25) is 0 Å². The predicted molar refractivity (Wildman–Crippen MR) is 125 cm³/mol. The van der Waals surface area contributed by atoms with Gasteiger partial charge in [0.25, 0.3) is 0 Å². The zero-order valence-corrected chi connectivity index (χ0v) is 17.2. The molecule has 0 saturated heterocycles. The molecule has 0 fully saturated rings. The quantitative estimate of drug-likeness (QED) is 0.364. The number of hydrogen-bond acceptors (Lipinski definition) is 4. The van der Waals surface area contributed by atoms with Crippen LogP contribution in [0.5, 0.6) is 5.75 Å². The van der Waals surface area contributed by atoms with Crippen LogP contribution in [0.4, 0.5) is 11.5 Å². The highest BCUT2D eigenvalue weighted by Crippen LogP contribution is 2.30. The molecule has 0 aliphatic carbocycles. The third kappa shape index (κ3) is 3.85. The Balaban J connectivity index is 1.63. The van der Waals surface area contributed by atoms with Gasteiger partial charge in [0.05, 0.1) is 18.5 Å². The number of nitrogens with zero attached hydrogens (tertiary/aromatic N) is 3. The van der Waals surface area contributed by atoms with Gasteiger partial charge in [-0.3, -0.25) is 0 Å². The highest BCUT2D eigenvalue weighted by atomic mass is 16.5. The van der Waals surface area contributed by atoms with E-state index in [-0.39, 0.29) is 0 Å². The smallest absolute Gasteiger partial charge is 0.165 e. The number of aromatic nitrogens is 3. The molecule has 0 spiro atoms. The number of rotatable bonds is 6. The zero-order valence-electron chi connectivity index (χ0n) is 17.2. The summed E-state index contributed by atoms with van der Waals surface area (Å²) < 4.78 is 7.41. The average molecular weight is 406 g/mol. The molecule has 0 aliphatic rings. The Bertz CT molecular complexity index is 1300. The molecule has 0 bridgehead atoms. The van der Waals surface area contributed by atoms with Gasteiger partial charge in [0.1, 0.15) is 11.6 Å². The van der Waals surface area contributed by atoms with E-state index in [2.05, 4.69) is 34.7 Å². The number of nitrogens with one attached hydrogen (secondary N) is 1.